The van der Waals surface area contributed by atoms with Gasteiger partial charge in [0.05, 0.1) is 6.10 Å². The summed E-state index contributed by atoms with van der Waals surface area (Å²) in [6.07, 6.45) is 4.32. The monoisotopic (exact) mass is 285 g/mol. The highest BCUT2D eigenvalue weighted by Crippen LogP contribution is 2.29. The van der Waals surface area contributed by atoms with Gasteiger partial charge in [0.2, 0.25) is 5.91 Å². The summed E-state index contributed by atoms with van der Waals surface area (Å²) in [7, 11) is 1.75. The molecule has 1 unspecified atom stereocenters. The lowest BCUT2D eigenvalue weighted by molar-refractivity contribution is -0.139. The predicted molar refractivity (Wildman–Crippen MR) is 77.7 cm³/mol. The van der Waals surface area contributed by atoms with Gasteiger partial charge in [0.25, 0.3) is 0 Å². The Bertz CT molecular complexity index is 348. The summed E-state index contributed by atoms with van der Waals surface area (Å²) < 4.78 is 5.66. The van der Waals surface area contributed by atoms with Crippen LogP contribution in [-0.4, -0.2) is 48.2 Å². The fraction of sp³-hybridized carbons (Fsp3) is 0.857. The van der Waals surface area contributed by atoms with Crippen molar-refractivity contribution >= 4 is 11.7 Å². The highest BCUT2D eigenvalue weighted by Gasteiger charge is 2.42. The number of ether oxygens (including phenoxy) is 1. The van der Waals surface area contributed by atoms with Crippen LogP contribution < -0.4 is 5.73 Å². The Labute approximate surface area is 120 Å². The number of hydrogen-bond donors (Lipinski definition) is 2. The van der Waals surface area contributed by atoms with Crippen LogP contribution in [-0.2, 0) is 9.53 Å². The van der Waals surface area contributed by atoms with Gasteiger partial charge < -0.3 is 20.6 Å². The minimum absolute atomic E-state index is 0.0103. The molecule has 0 aromatic rings. The van der Waals surface area contributed by atoms with Crippen molar-refractivity contribution in [2.75, 3.05) is 20.2 Å². The number of carbonyl (C=O) groups is 1. The Balaban J connectivity index is 2.78. The molecule has 1 heterocycles. The molecule has 0 aromatic heterocycles. The third-order valence-corrected chi connectivity index (χ3v) is 4.31. The standard InChI is InChI=1S/C14H27N3O3/c1-4-14(5-2,12(15)16-19)13(18)17(3)10-11-8-6-7-9-20-11/h11,19H,4-10H2,1-3H3,(H2,15,16). The summed E-state index contributed by atoms with van der Waals surface area (Å²) in [6, 6.07) is 0. The molecule has 0 radical (unpaired) electrons. The highest BCUT2D eigenvalue weighted by molar-refractivity contribution is 6.06. The summed E-state index contributed by atoms with van der Waals surface area (Å²) in [5, 5.41) is 12.0. The van der Waals surface area contributed by atoms with E-state index in [1.165, 1.54) is 0 Å². The zero-order valence-electron chi connectivity index (χ0n) is 12.8. The van der Waals surface area contributed by atoms with Crippen LogP contribution in [0.5, 0.6) is 0 Å². The van der Waals surface area contributed by atoms with Crippen LogP contribution in [0.3, 0.4) is 0 Å². The van der Waals surface area contributed by atoms with Crippen molar-refractivity contribution in [1.82, 2.24) is 4.90 Å². The number of amidine groups is 1. The van der Waals surface area contributed by atoms with E-state index in [9.17, 15) is 4.79 Å². The molecule has 0 bridgehead atoms. The average molecular weight is 285 g/mol. The number of amides is 1. The van der Waals surface area contributed by atoms with E-state index in [0.29, 0.717) is 19.4 Å². The Kier molecular flexibility index (Phi) is 6.26. The second-order valence-electron chi connectivity index (χ2n) is 5.45. The molecule has 116 valence electrons. The SMILES string of the molecule is CCC(CC)(C(=O)N(C)CC1CCCCO1)C(N)=NO. The molecule has 1 aliphatic rings. The molecule has 6 heteroatoms. The van der Waals surface area contributed by atoms with Crippen LogP contribution in [0.1, 0.15) is 46.0 Å². The molecular weight excluding hydrogens is 258 g/mol. The maximum atomic E-state index is 12.7. The quantitative estimate of drug-likeness (QED) is 0.335. The third-order valence-electron chi connectivity index (χ3n) is 4.31. The molecule has 1 rings (SSSR count). The molecular formula is C14H27N3O3. The second-order valence-corrected chi connectivity index (χ2v) is 5.45. The zero-order chi connectivity index (χ0) is 15.2. The van der Waals surface area contributed by atoms with E-state index in [1.807, 2.05) is 13.8 Å². The fourth-order valence-corrected chi connectivity index (χ4v) is 2.83. The molecule has 1 fully saturated rings. The second kappa shape index (κ2) is 7.47. The normalized spacial score (nSPS) is 20.8. The van der Waals surface area contributed by atoms with Crippen molar-refractivity contribution in [3.8, 4) is 0 Å². The first-order chi connectivity index (χ1) is 9.51. The number of rotatable bonds is 6. The topological polar surface area (TPSA) is 88.2 Å². The Morgan fingerprint density at radius 3 is 2.55 bits per heavy atom. The van der Waals surface area contributed by atoms with Gasteiger partial charge >= 0.3 is 0 Å². The van der Waals surface area contributed by atoms with Crippen LogP contribution >= 0.6 is 0 Å². The van der Waals surface area contributed by atoms with Crippen molar-refractivity contribution in [1.29, 1.82) is 0 Å². The molecule has 6 nitrogen and oxygen atoms in total. The summed E-state index contributed by atoms with van der Waals surface area (Å²) in [5.41, 5.74) is 4.85. The lowest BCUT2D eigenvalue weighted by atomic mass is 9.79. The van der Waals surface area contributed by atoms with Crippen molar-refractivity contribution in [3.05, 3.63) is 0 Å². The summed E-state index contributed by atoms with van der Waals surface area (Å²) in [6.45, 7) is 5.08. The van der Waals surface area contributed by atoms with Crippen LogP contribution in [0, 0.1) is 5.41 Å². The van der Waals surface area contributed by atoms with Gasteiger partial charge in [-0.25, -0.2) is 0 Å². The van der Waals surface area contributed by atoms with E-state index >= 15 is 0 Å². The van der Waals surface area contributed by atoms with Gasteiger partial charge in [-0.2, -0.15) is 0 Å². The minimum atomic E-state index is -0.918. The van der Waals surface area contributed by atoms with Gasteiger partial charge in [-0.3, -0.25) is 4.79 Å². The van der Waals surface area contributed by atoms with E-state index in [-0.39, 0.29) is 17.8 Å². The number of hydrogen-bond acceptors (Lipinski definition) is 4. The molecule has 1 saturated heterocycles. The lowest BCUT2D eigenvalue weighted by Gasteiger charge is -2.35. The number of nitrogens with two attached hydrogens (primary N) is 1. The molecule has 1 atom stereocenters. The van der Waals surface area contributed by atoms with Gasteiger partial charge in [-0.05, 0) is 32.1 Å². The third kappa shape index (κ3) is 3.42. The maximum absolute atomic E-state index is 12.7. The Morgan fingerprint density at radius 2 is 2.10 bits per heavy atom. The van der Waals surface area contributed by atoms with Crippen LogP contribution in [0.15, 0.2) is 5.16 Å². The van der Waals surface area contributed by atoms with Gasteiger partial charge in [-0.1, -0.05) is 19.0 Å². The van der Waals surface area contributed by atoms with Gasteiger partial charge in [0.1, 0.15) is 5.41 Å². The highest BCUT2D eigenvalue weighted by atomic mass is 16.5. The summed E-state index contributed by atoms with van der Waals surface area (Å²) in [5.74, 6) is -0.115. The number of carbonyl (C=O) groups excluding carboxylic acids is 1. The zero-order valence-corrected chi connectivity index (χ0v) is 12.8. The van der Waals surface area contributed by atoms with E-state index in [2.05, 4.69) is 5.16 Å². The molecule has 3 N–H and O–H groups in total. The maximum Gasteiger partial charge on any atom is 0.236 e. The van der Waals surface area contributed by atoms with E-state index in [1.54, 1.807) is 11.9 Å². The Morgan fingerprint density at radius 1 is 1.45 bits per heavy atom. The van der Waals surface area contributed by atoms with E-state index in [0.717, 1.165) is 25.9 Å². The van der Waals surface area contributed by atoms with Gasteiger partial charge in [-0.15, -0.1) is 0 Å². The van der Waals surface area contributed by atoms with Gasteiger partial charge in [0, 0.05) is 20.2 Å². The summed E-state index contributed by atoms with van der Waals surface area (Å²) in [4.78, 5) is 14.4. The smallest absolute Gasteiger partial charge is 0.236 e. The summed E-state index contributed by atoms with van der Waals surface area (Å²) >= 11 is 0. The molecule has 0 spiro atoms. The van der Waals surface area contributed by atoms with E-state index < -0.39 is 5.41 Å². The molecule has 0 aliphatic carbocycles. The predicted octanol–water partition coefficient (Wildman–Crippen LogP) is 1.57. The fourth-order valence-electron chi connectivity index (χ4n) is 2.83. The van der Waals surface area contributed by atoms with Gasteiger partial charge in [0.15, 0.2) is 5.84 Å². The van der Waals surface area contributed by atoms with E-state index in [4.69, 9.17) is 15.7 Å². The average Bonchev–Trinajstić information content (AvgIpc) is 2.49. The number of nitrogens with zero attached hydrogens (tertiary/aromatic N) is 2. The first-order valence-electron chi connectivity index (χ1n) is 7.37. The van der Waals surface area contributed by atoms with Crippen LogP contribution in [0.4, 0.5) is 0 Å². The van der Waals surface area contributed by atoms with Crippen molar-refractivity contribution in [2.45, 2.75) is 52.1 Å². The Hall–Kier alpha value is -1.30. The number of oxime groups is 1. The first-order valence-corrected chi connectivity index (χ1v) is 7.37. The van der Waals surface area contributed by atoms with Crippen molar-refractivity contribution in [3.63, 3.8) is 0 Å². The molecule has 0 aromatic carbocycles. The van der Waals surface area contributed by atoms with Crippen LogP contribution in [0.2, 0.25) is 0 Å². The molecule has 1 amide bonds. The minimum Gasteiger partial charge on any atom is -0.409 e. The van der Waals surface area contributed by atoms with Crippen molar-refractivity contribution < 1.29 is 14.7 Å². The lowest BCUT2D eigenvalue weighted by Crippen LogP contribution is -2.51. The molecule has 20 heavy (non-hydrogen) atoms. The van der Waals surface area contributed by atoms with Crippen molar-refractivity contribution in [2.24, 2.45) is 16.3 Å². The van der Waals surface area contributed by atoms with Crippen LogP contribution in [0.25, 0.3) is 0 Å². The largest absolute Gasteiger partial charge is 0.409 e. The molecule has 1 aliphatic heterocycles. The number of likely N-dealkylation sites (N-methyl/N-ethyl adjacent to an activating group) is 1. The molecule has 0 saturated carbocycles. The first kappa shape index (κ1) is 16.8.